The van der Waals surface area contributed by atoms with Crippen LogP contribution in [-0.4, -0.2) is 65.2 Å². The molecule has 1 amide bonds. The van der Waals surface area contributed by atoms with Crippen LogP contribution in [0.15, 0.2) is 0 Å². The number of hydrogen-bond donors (Lipinski definition) is 0. The minimum atomic E-state index is -3.16. The largest absolute Gasteiger partial charge is 0.337 e. The number of aryl methyl sites for hydroxylation is 2. The van der Waals surface area contributed by atoms with E-state index in [1.165, 1.54) is 6.26 Å². The molecule has 0 N–H and O–H groups in total. The van der Waals surface area contributed by atoms with Gasteiger partial charge >= 0.3 is 0 Å². The van der Waals surface area contributed by atoms with Gasteiger partial charge in [-0.2, -0.15) is 9.40 Å². The highest BCUT2D eigenvalue weighted by atomic mass is 32.2. The lowest BCUT2D eigenvalue weighted by atomic mass is 9.85. The second-order valence-electron chi connectivity index (χ2n) is 8.67. The molecule has 4 rings (SSSR count). The SMILES string of the molecule is Cn1nc2c(c1C(=O)N1CCC([C@H]3CCCCN3S(C)(=O)=O)CC1)CCCC2. The predicted octanol–water partition coefficient (Wildman–Crippen LogP) is 1.97. The average molecular weight is 409 g/mol. The first-order chi connectivity index (χ1) is 13.4. The summed E-state index contributed by atoms with van der Waals surface area (Å²) in [5.41, 5.74) is 3.01. The summed E-state index contributed by atoms with van der Waals surface area (Å²) in [7, 11) is -1.29. The number of carbonyl (C=O) groups is 1. The molecule has 1 atom stereocenters. The third-order valence-corrected chi connectivity index (χ3v) is 8.12. The van der Waals surface area contributed by atoms with Crippen molar-refractivity contribution in [3.05, 3.63) is 17.0 Å². The van der Waals surface area contributed by atoms with Gasteiger partial charge in [0.25, 0.3) is 5.91 Å². The second-order valence-corrected chi connectivity index (χ2v) is 10.6. The van der Waals surface area contributed by atoms with Crippen LogP contribution in [0.2, 0.25) is 0 Å². The molecule has 1 aromatic heterocycles. The van der Waals surface area contributed by atoms with Gasteiger partial charge < -0.3 is 4.90 Å². The number of rotatable bonds is 3. The van der Waals surface area contributed by atoms with Crippen LogP contribution < -0.4 is 0 Å². The number of hydrogen-bond acceptors (Lipinski definition) is 4. The number of carbonyl (C=O) groups excluding carboxylic acids is 1. The number of likely N-dealkylation sites (tertiary alicyclic amines) is 1. The molecular formula is C20H32N4O3S. The topological polar surface area (TPSA) is 75.5 Å². The fourth-order valence-corrected chi connectivity index (χ4v) is 6.63. The lowest BCUT2D eigenvalue weighted by Gasteiger charge is -2.42. The molecule has 3 heterocycles. The van der Waals surface area contributed by atoms with Gasteiger partial charge in [0, 0.05) is 38.3 Å². The van der Waals surface area contributed by atoms with Crippen molar-refractivity contribution in [3.63, 3.8) is 0 Å². The normalized spacial score (nSPS) is 24.9. The molecule has 156 valence electrons. The highest BCUT2D eigenvalue weighted by Crippen LogP contribution is 2.33. The maximum absolute atomic E-state index is 13.2. The standard InChI is InChI=1S/C20H32N4O3S/c1-22-19(16-7-3-4-8-17(16)21-22)20(25)23-13-10-15(11-14-23)18-9-5-6-12-24(18)28(2,26)27/h15,18H,3-14H2,1-2H3/t18-/m1/s1. The summed E-state index contributed by atoms with van der Waals surface area (Å²) in [5, 5.41) is 4.59. The smallest absolute Gasteiger partial charge is 0.272 e. The summed E-state index contributed by atoms with van der Waals surface area (Å²) < 4.78 is 27.9. The lowest BCUT2D eigenvalue weighted by Crippen LogP contribution is -2.50. The number of amides is 1. The minimum Gasteiger partial charge on any atom is -0.337 e. The van der Waals surface area contributed by atoms with Crippen molar-refractivity contribution in [3.8, 4) is 0 Å². The summed E-state index contributed by atoms with van der Waals surface area (Å²) in [5.74, 6) is 0.444. The van der Waals surface area contributed by atoms with E-state index in [1.54, 1.807) is 8.99 Å². The Balaban J connectivity index is 1.44. The van der Waals surface area contributed by atoms with E-state index in [1.807, 2.05) is 11.9 Å². The lowest BCUT2D eigenvalue weighted by molar-refractivity contribution is 0.0609. The predicted molar refractivity (Wildman–Crippen MR) is 108 cm³/mol. The Morgan fingerprint density at radius 1 is 1.00 bits per heavy atom. The van der Waals surface area contributed by atoms with E-state index in [9.17, 15) is 13.2 Å². The Labute approximate surface area is 168 Å². The molecular weight excluding hydrogens is 376 g/mol. The van der Waals surface area contributed by atoms with Crippen molar-refractivity contribution in [1.82, 2.24) is 19.0 Å². The number of fused-ring (bicyclic) bond motifs is 1. The van der Waals surface area contributed by atoms with Crippen molar-refractivity contribution < 1.29 is 13.2 Å². The van der Waals surface area contributed by atoms with Crippen LogP contribution >= 0.6 is 0 Å². The maximum atomic E-state index is 13.2. The number of sulfonamides is 1. The van der Waals surface area contributed by atoms with Crippen LogP contribution in [0.25, 0.3) is 0 Å². The van der Waals surface area contributed by atoms with Gasteiger partial charge in [-0.25, -0.2) is 8.42 Å². The van der Waals surface area contributed by atoms with Gasteiger partial charge in [0.1, 0.15) is 5.69 Å². The second kappa shape index (κ2) is 7.78. The Bertz CT molecular complexity index is 840. The molecule has 1 aromatic rings. The van der Waals surface area contributed by atoms with Crippen molar-refractivity contribution in [1.29, 1.82) is 0 Å². The van der Waals surface area contributed by atoms with Crippen molar-refractivity contribution in [2.75, 3.05) is 25.9 Å². The molecule has 2 aliphatic heterocycles. The minimum absolute atomic E-state index is 0.0974. The van der Waals surface area contributed by atoms with Crippen LogP contribution in [0.1, 0.15) is 66.7 Å². The molecule has 3 aliphatic rings. The molecule has 0 spiro atoms. The van der Waals surface area contributed by atoms with E-state index in [4.69, 9.17) is 0 Å². The number of aromatic nitrogens is 2. The van der Waals surface area contributed by atoms with E-state index in [2.05, 4.69) is 5.10 Å². The summed E-state index contributed by atoms with van der Waals surface area (Å²) >= 11 is 0. The van der Waals surface area contributed by atoms with Gasteiger partial charge in [0.15, 0.2) is 0 Å². The summed E-state index contributed by atoms with van der Waals surface area (Å²) in [6.45, 7) is 2.05. The van der Waals surface area contributed by atoms with E-state index in [0.717, 1.165) is 74.7 Å². The summed E-state index contributed by atoms with van der Waals surface area (Å²) in [4.78, 5) is 15.2. The van der Waals surface area contributed by atoms with Crippen LogP contribution in [0.3, 0.4) is 0 Å². The van der Waals surface area contributed by atoms with Crippen molar-refractivity contribution in [2.24, 2.45) is 13.0 Å². The van der Waals surface area contributed by atoms with E-state index in [-0.39, 0.29) is 11.9 Å². The van der Waals surface area contributed by atoms with Crippen molar-refractivity contribution >= 4 is 15.9 Å². The van der Waals surface area contributed by atoms with E-state index < -0.39 is 10.0 Å². The van der Waals surface area contributed by atoms with E-state index in [0.29, 0.717) is 25.6 Å². The Morgan fingerprint density at radius 2 is 1.71 bits per heavy atom. The molecule has 0 radical (unpaired) electrons. The molecule has 8 heteroatoms. The van der Waals surface area contributed by atoms with Gasteiger partial charge in [-0.15, -0.1) is 0 Å². The van der Waals surface area contributed by atoms with Crippen LogP contribution in [0.5, 0.6) is 0 Å². The fourth-order valence-electron chi connectivity index (χ4n) is 5.40. The van der Waals surface area contributed by atoms with Gasteiger partial charge in [-0.3, -0.25) is 9.48 Å². The van der Waals surface area contributed by atoms with Gasteiger partial charge in [-0.05, 0) is 57.3 Å². The molecule has 28 heavy (non-hydrogen) atoms. The Kier molecular flexibility index (Phi) is 5.53. The summed E-state index contributed by atoms with van der Waals surface area (Å²) in [6.07, 6.45) is 10.3. The number of piperidine rings is 2. The molecule has 0 aromatic carbocycles. The zero-order valence-corrected chi connectivity index (χ0v) is 17.9. The number of nitrogens with zero attached hydrogens (tertiary/aromatic N) is 4. The average Bonchev–Trinajstić information content (AvgIpc) is 3.02. The third-order valence-electron chi connectivity index (χ3n) is 6.82. The molecule has 7 nitrogen and oxygen atoms in total. The van der Waals surface area contributed by atoms with Crippen molar-refractivity contribution in [2.45, 2.75) is 63.8 Å². The zero-order valence-electron chi connectivity index (χ0n) is 17.1. The van der Waals surface area contributed by atoms with E-state index >= 15 is 0 Å². The first kappa shape index (κ1) is 19.9. The van der Waals surface area contributed by atoms with Gasteiger partial charge in [0.2, 0.25) is 10.0 Å². The first-order valence-electron chi connectivity index (χ1n) is 10.7. The Hall–Kier alpha value is -1.41. The molecule has 0 bridgehead atoms. The highest BCUT2D eigenvalue weighted by molar-refractivity contribution is 7.88. The molecule has 1 aliphatic carbocycles. The Morgan fingerprint density at radius 3 is 2.43 bits per heavy atom. The zero-order chi connectivity index (χ0) is 19.9. The third kappa shape index (κ3) is 3.73. The van der Waals surface area contributed by atoms with Gasteiger partial charge in [-0.1, -0.05) is 6.42 Å². The quantitative estimate of drug-likeness (QED) is 0.766. The fraction of sp³-hybridized carbons (Fsp3) is 0.800. The van der Waals surface area contributed by atoms with Gasteiger partial charge in [0.05, 0.1) is 11.9 Å². The molecule has 0 saturated carbocycles. The summed E-state index contributed by atoms with van der Waals surface area (Å²) in [6, 6.07) is 0.102. The molecule has 2 fully saturated rings. The van der Waals surface area contributed by atoms with Crippen LogP contribution in [-0.2, 0) is 29.9 Å². The maximum Gasteiger partial charge on any atom is 0.272 e. The van der Waals surface area contributed by atoms with Crippen LogP contribution in [0.4, 0.5) is 0 Å². The molecule has 0 unspecified atom stereocenters. The monoisotopic (exact) mass is 408 g/mol. The first-order valence-corrected chi connectivity index (χ1v) is 12.5. The highest BCUT2D eigenvalue weighted by Gasteiger charge is 2.38. The van der Waals surface area contributed by atoms with Crippen LogP contribution in [0, 0.1) is 5.92 Å². The molecule has 2 saturated heterocycles.